The highest BCUT2D eigenvalue weighted by Gasteiger charge is 2.17. The van der Waals surface area contributed by atoms with Crippen molar-refractivity contribution in [2.45, 2.75) is 52.5 Å². The number of rotatable bonds is 5. The maximum absolute atomic E-state index is 6.40. The van der Waals surface area contributed by atoms with Crippen LogP contribution < -0.4 is 0 Å². The van der Waals surface area contributed by atoms with Crippen LogP contribution in [0.15, 0.2) is 24.3 Å². The summed E-state index contributed by atoms with van der Waals surface area (Å²) < 4.78 is 2.07. The van der Waals surface area contributed by atoms with Gasteiger partial charge in [-0.25, -0.2) is 0 Å². The van der Waals surface area contributed by atoms with Gasteiger partial charge in [-0.2, -0.15) is 5.10 Å². The number of alkyl halides is 1. The molecule has 1 aromatic heterocycles. The van der Waals surface area contributed by atoms with Crippen molar-refractivity contribution >= 4 is 11.6 Å². The Kier molecular flexibility index (Phi) is 4.87. The minimum absolute atomic E-state index is 0.0613. The van der Waals surface area contributed by atoms with Gasteiger partial charge < -0.3 is 0 Å². The first-order valence-corrected chi connectivity index (χ1v) is 7.76. The monoisotopic (exact) mass is 290 g/mol. The topological polar surface area (TPSA) is 17.8 Å². The zero-order valence-electron chi connectivity index (χ0n) is 12.8. The van der Waals surface area contributed by atoms with Crippen LogP contribution >= 0.6 is 11.6 Å². The highest BCUT2D eigenvalue weighted by Crippen LogP contribution is 2.29. The summed E-state index contributed by atoms with van der Waals surface area (Å²) >= 11 is 6.40. The van der Waals surface area contributed by atoms with Gasteiger partial charge >= 0.3 is 0 Å². The number of aromatic nitrogens is 2. The largest absolute Gasteiger partial charge is 0.265 e. The zero-order valence-corrected chi connectivity index (χ0v) is 13.5. The molecule has 0 saturated heterocycles. The second-order valence-corrected chi connectivity index (χ2v) is 5.81. The van der Waals surface area contributed by atoms with E-state index in [1.165, 1.54) is 22.4 Å². The number of hydrogen-bond acceptors (Lipinski definition) is 1. The molecule has 20 heavy (non-hydrogen) atoms. The summed E-state index contributed by atoms with van der Waals surface area (Å²) in [5.41, 5.74) is 6.08. The molecule has 0 bridgehead atoms. The van der Waals surface area contributed by atoms with Crippen LogP contribution in [0.5, 0.6) is 0 Å². The molecule has 0 fully saturated rings. The van der Waals surface area contributed by atoms with E-state index in [1.807, 2.05) is 6.92 Å². The van der Waals surface area contributed by atoms with Gasteiger partial charge in [0.15, 0.2) is 0 Å². The maximum Gasteiger partial charge on any atom is 0.0662 e. The van der Waals surface area contributed by atoms with Crippen LogP contribution in [0.25, 0.3) is 0 Å². The second kappa shape index (κ2) is 6.45. The summed E-state index contributed by atoms with van der Waals surface area (Å²) in [7, 11) is 0. The molecule has 108 valence electrons. The van der Waals surface area contributed by atoms with Gasteiger partial charge in [-0.05, 0) is 37.8 Å². The Morgan fingerprint density at radius 3 is 2.25 bits per heavy atom. The predicted octanol–water partition coefficient (Wildman–Crippen LogP) is 4.80. The minimum Gasteiger partial charge on any atom is -0.265 e. The molecule has 0 spiro atoms. The third kappa shape index (κ3) is 3.06. The van der Waals surface area contributed by atoms with Gasteiger partial charge in [0.1, 0.15) is 0 Å². The van der Waals surface area contributed by atoms with Gasteiger partial charge in [0, 0.05) is 11.3 Å². The fourth-order valence-electron chi connectivity index (χ4n) is 2.58. The molecule has 2 aromatic rings. The summed E-state index contributed by atoms with van der Waals surface area (Å²) in [6, 6.07) is 8.76. The molecule has 3 heteroatoms. The molecule has 2 rings (SSSR count). The first-order valence-electron chi connectivity index (χ1n) is 7.32. The number of benzene rings is 1. The number of nitrogens with zero attached hydrogens (tertiary/aromatic N) is 2. The summed E-state index contributed by atoms with van der Waals surface area (Å²) in [6.45, 7) is 9.25. The minimum atomic E-state index is 0.0613. The fraction of sp³-hybridized carbons (Fsp3) is 0.471. The molecule has 0 N–H and O–H groups in total. The van der Waals surface area contributed by atoms with E-state index in [-0.39, 0.29) is 5.38 Å². The lowest BCUT2D eigenvalue weighted by atomic mass is 10.1. The zero-order chi connectivity index (χ0) is 14.7. The average molecular weight is 291 g/mol. The molecular formula is C17H23ClN2. The Labute approximate surface area is 126 Å². The van der Waals surface area contributed by atoms with Crippen molar-refractivity contribution in [1.29, 1.82) is 0 Å². The van der Waals surface area contributed by atoms with Crippen molar-refractivity contribution in [3.8, 4) is 0 Å². The Morgan fingerprint density at radius 2 is 1.70 bits per heavy atom. The summed E-state index contributed by atoms with van der Waals surface area (Å²) in [6.07, 6.45) is 2.01. The van der Waals surface area contributed by atoms with Gasteiger partial charge in [0.25, 0.3) is 0 Å². The van der Waals surface area contributed by atoms with Gasteiger partial charge in [0.2, 0.25) is 0 Å². The molecule has 2 nitrogen and oxygen atoms in total. The van der Waals surface area contributed by atoms with Crippen LogP contribution in [0.4, 0.5) is 0 Å². The summed E-state index contributed by atoms with van der Waals surface area (Å²) in [4.78, 5) is 0. The van der Waals surface area contributed by atoms with Crippen molar-refractivity contribution in [2.24, 2.45) is 0 Å². The molecule has 0 aliphatic carbocycles. The second-order valence-electron chi connectivity index (χ2n) is 5.29. The molecule has 0 amide bonds. The predicted molar refractivity (Wildman–Crippen MR) is 85.5 cm³/mol. The quantitative estimate of drug-likeness (QED) is 0.723. The van der Waals surface area contributed by atoms with Crippen LogP contribution in [-0.4, -0.2) is 9.78 Å². The van der Waals surface area contributed by atoms with Gasteiger partial charge in [0.05, 0.1) is 17.6 Å². The van der Waals surface area contributed by atoms with Crippen molar-refractivity contribution in [3.63, 3.8) is 0 Å². The van der Waals surface area contributed by atoms with E-state index in [1.54, 1.807) is 0 Å². The molecule has 0 radical (unpaired) electrons. The molecule has 1 heterocycles. The van der Waals surface area contributed by atoms with Crippen molar-refractivity contribution in [1.82, 2.24) is 9.78 Å². The van der Waals surface area contributed by atoms with E-state index in [0.29, 0.717) is 0 Å². The lowest BCUT2D eigenvalue weighted by Crippen LogP contribution is -2.04. The van der Waals surface area contributed by atoms with E-state index < -0.39 is 0 Å². The number of halogens is 1. The Balaban J connectivity index is 2.25. The third-order valence-electron chi connectivity index (χ3n) is 3.87. The van der Waals surface area contributed by atoms with E-state index in [0.717, 1.165) is 25.1 Å². The van der Waals surface area contributed by atoms with Crippen LogP contribution in [-0.2, 0) is 13.0 Å². The molecule has 0 aliphatic rings. The third-order valence-corrected chi connectivity index (χ3v) is 4.40. The van der Waals surface area contributed by atoms with Crippen LogP contribution in [0.3, 0.4) is 0 Å². The van der Waals surface area contributed by atoms with E-state index in [9.17, 15) is 0 Å². The van der Waals surface area contributed by atoms with E-state index in [4.69, 9.17) is 11.6 Å². The van der Waals surface area contributed by atoms with Crippen molar-refractivity contribution in [3.05, 3.63) is 52.3 Å². The standard InChI is InChI=1S/C17H23ClN2/c1-5-14-7-9-15(10-8-14)11-20-13(4)17(12(3)19-20)16(18)6-2/h7-10,16H,5-6,11H2,1-4H3. The van der Waals surface area contributed by atoms with Gasteiger partial charge in [-0.3, -0.25) is 4.68 Å². The first-order chi connectivity index (χ1) is 9.56. The number of aryl methyl sites for hydroxylation is 2. The Morgan fingerprint density at radius 1 is 1.10 bits per heavy atom. The molecule has 0 saturated carbocycles. The van der Waals surface area contributed by atoms with E-state index >= 15 is 0 Å². The van der Waals surface area contributed by atoms with Crippen LogP contribution in [0, 0.1) is 13.8 Å². The maximum atomic E-state index is 6.40. The van der Waals surface area contributed by atoms with Crippen molar-refractivity contribution in [2.75, 3.05) is 0 Å². The molecule has 1 atom stereocenters. The Bertz CT molecular complexity index is 569. The SMILES string of the molecule is CCc1ccc(Cn2nc(C)c(C(Cl)CC)c2C)cc1. The smallest absolute Gasteiger partial charge is 0.0662 e. The molecule has 0 aliphatic heterocycles. The van der Waals surface area contributed by atoms with E-state index in [2.05, 4.69) is 54.8 Å². The summed E-state index contributed by atoms with van der Waals surface area (Å²) in [5, 5.41) is 4.71. The lowest BCUT2D eigenvalue weighted by molar-refractivity contribution is 0.657. The molecule has 1 unspecified atom stereocenters. The summed E-state index contributed by atoms with van der Waals surface area (Å²) in [5.74, 6) is 0. The molecular weight excluding hydrogens is 268 g/mol. The van der Waals surface area contributed by atoms with Gasteiger partial charge in [-0.1, -0.05) is 38.1 Å². The lowest BCUT2D eigenvalue weighted by Gasteiger charge is -2.09. The van der Waals surface area contributed by atoms with Gasteiger partial charge in [-0.15, -0.1) is 11.6 Å². The number of hydrogen-bond donors (Lipinski definition) is 0. The first kappa shape index (κ1) is 15.1. The Hall–Kier alpha value is -1.28. The fourth-order valence-corrected chi connectivity index (χ4v) is 2.89. The highest BCUT2D eigenvalue weighted by molar-refractivity contribution is 6.20. The molecule has 1 aromatic carbocycles. The van der Waals surface area contributed by atoms with Crippen molar-refractivity contribution < 1.29 is 0 Å². The average Bonchev–Trinajstić information content (AvgIpc) is 2.73. The van der Waals surface area contributed by atoms with Crippen LogP contribution in [0.2, 0.25) is 0 Å². The van der Waals surface area contributed by atoms with Crippen LogP contribution in [0.1, 0.15) is 53.7 Å². The normalized spacial score (nSPS) is 12.7. The highest BCUT2D eigenvalue weighted by atomic mass is 35.5.